The summed E-state index contributed by atoms with van der Waals surface area (Å²) in [4.78, 5) is 49.8. The molecule has 2 aromatic carbocycles. The summed E-state index contributed by atoms with van der Waals surface area (Å²) >= 11 is 0. The first kappa shape index (κ1) is 18.6. The summed E-state index contributed by atoms with van der Waals surface area (Å²) < 4.78 is 0. The Hall–Kier alpha value is -3.74. The number of benzene rings is 2. The van der Waals surface area contributed by atoms with E-state index < -0.39 is 11.9 Å². The standard InChI is InChI=1S/C22H19N3O4/c26-19(10-6-14-4-2-1-3-5-14)23-16-7-8-17-15(12-16)13-25(22(17)29)18-9-11-20(27)24-21(18)28/h1-8,10,12,18H,9,11,13H2,(H,23,26)(H,24,27,28)/b10-6+. The van der Waals surface area contributed by atoms with Gasteiger partial charge in [0.05, 0.1) is 0 Å². The van der Waals surface area contributed by atoms with Gasteiger partial charge >= 0.3 is 0 Å². The zero-order valence-electron chi connectivity index (χ0n) is 15.6. The Bertz CT molecular complexity index is 1030. The fraction of sp³-hybridized carbons (Fsp3) is 0.182. The molecule has 0 radical (unpaired) electrons. The molecule has 0 aromatic heterocycles. The molecule has 4 amide bonds. The Morgan fingerprint density at radius 2 is 1.90 bits per heavy atom. The fourth-order valence-electron chi connectivity index (χ4n) is 3.57. The highest BCUT2D eigenvalue weighted by molar-refractivity contribution is 6.06. The van der Waals surface area contributed by atoms with Gasteiger partial charge < -0.3 is 10.2 Å². The molecule has 1 unspecified atom stereocenters. The number of nitrogens with zero attached hydrogens (tertiary/aromatic N) is 1. The van der Waals surface area contributed by atoms with E-state index in [2.05, 4.69) is 10.6 Å². The van der Waals surface area contributed by atoms with Crippen LogP contribution in [0.3, 0.4) is 0 Å². The molecule has 4 rings (SSSR count). The number of rotatable bonds is 4. The van der Waals surface area contributed by atoms with Crippen LogP contribution in [0.4, 0.5) is 5.69 Å². The minimum Gasteiger partial charge on any atom is -0.323 e. The third-order valence-corrected chi connectivity index (χ3v) is 5.02. The highest BCUT2D eigenvalue weighted by Crippen LogP contribution is 2.29. The maximum Gasteiger partial charge on any atom is 0.255 e. The number of anilines is 1. The average molecular weight is 389 g/mol. The predicted molar refractivity (Wildman–Crippen MR) is 107 cm³/mol. The van der Waals surface area contributed by atoms with Crippen molar-refractivity contribution in [3.63, 3.8) is 0 Å². The van der Waals surface area contributed by atoms with Gasteiger partial charge in [-0.15, -0.1) is 0 Å². The largest absolute Gasteiger partial charge is 0.323 e. The van der Waals surface area contributed by atoms with Crippen LogP contribution in [-0.4, -0.2) is 34.6 Å². The molecular formula is C22H19N3O4. The number of carbonyl (C=O) groups excluding carboxylic acids is 4. The van der Waals surface area contributed by atoms with Crippen molar-refractivity contribution in [3.05, 3.63) is 71.3 Å². The smallest absolute Gasteiger partial charge is 0.255 e. The fourth-order valence-corrected chi connectivity index (χ4v) is 3.57. The molecule has 0 spiro atoms. The minimum atomic E-state index is -0.653. The molecule has 0 saturated carbocycles. The molecule has 1 fully saturated rings. The van der Waals surface area contributed by atoms with Crippen molar-refractivity contribution in [2.24, 2.45) is 0 Å². The molecule has 29 heavy (non-hydrogen) atoms. The van der Waals surface area contributed by atoms with Crippen LogP contribution in [0, 0.1) is 0 Å². The second kappa shape index (κ2) is 7.71. The Balaban J connectivity index is 1.45. The molecule has 2 aliphatic heterocycles. The van der Waals surface area contributed by atoms with Gasteiger partial charge in [0.2, 0.25) is 17.7 Å². The predicted octanol–water partition coefficient (Wildman–Crippen LogP) is 2.10. The quantitative estimate of drug-likeness (QED) is 0.618. The van der Waals surface area contributed by atoms with Gasteiger partial charge in [0.1, 0.15) is 6.04 Å². The average Bonchev–Trinajstić information content (AvgIpc) is 3.03. The van der Waals surface area contributed by atoms with E-state index in [1.54, 1.807) is 24.3 Å². The van der Waals surface area contributed by atoms with Crippen molar-refractivity contribution in [3.8, 4) is 0 Å². The zero-order valence-corrected chi connectivity index (χ0v) is 15.6. The van der Waals surface area contributed by atoms with Crippen molar-refractivity contribution in [1.82, 2.24) is 10.2 Å². The summed E-state index contributed by atoms with van der Waals surface area (Å²) in [5, 5.41) is 5.07. The van der Waals surface area contributed by atoms with E-state index in [1.807, 2.05) is 30.3 Å². The highest BCUT2D eigenvalue weighted by atomic mass is 16.2. The molecule has 1 saturated heterocycles. The van der Waals surface area contributed by atoms with E-state index in [4.69, 9.17) is 0 Å². The molecule has 2 aromatic rings. The summed E-state index contributed by atoms with van der Waals surface area (Å²) in [5.41, 5.74) is 2.74. The Morgan fingerprint density at radius 1 is 1.10 bits per heavy atom. The minimum absolute atomic E-state index is 0.214. The van der Waals surface area contributed by atoms with Crippen LogP contribution in [0.2, 0.25) is 0 Å². The number of fused-ring (bicyclic) bond motifs is 1. The summed E-state index contributed by atoms with van der Waals surface area (Å²) in [6.45, 7) is 0.268. The maximum absolute atomic E-state index is 12.7. The summed E-state index contributed by atoms with van der Waals surface area (Å²) in [5.74, 6) is -1.28. The summed E-state index contributed by atoms with van der Waals surface area (Å²) in [6.07, 6.45) is 3.70. The van der Waals surface area contributed by atoms with E-state index >= 15 is 0 Å². The van der Waals surface area contributed by atoms with Crippen molar-refractivity contribution in [2.75, 3.05) is 5.32 Å². The monoisotopic (exact) mass is 389 g/mol. The van der Waals surface area contributed by atoms with Crippen molar-refractivity contribution < 1.29 is 19.2 Å². The van der Waals surface area contributed by atoms with E-state index in [1.165, 1.54) is 11.0 Å². The molecule has 7 heteroatoms. The number of hydrogen-bond donors (Lipinski definition) is 2. The number of carbonyl (C=O) groups is 4. The van der Waals surface area contributed by atoms with Gasteiger partial charge in [-0.2, -0.15) is 0 Å². The van der Waals surface area contributed by atoms with Gasteiger partial charge in [0, 0.05) is 30.3 Å². The normalized spacial score (nSPS) is 18.7. The van der Waals surface area contributed by atoms with Gasteiger partial charge in [0.25, 0.3) is 5.91 Å². The van der Waals surface area contributed by atoms with Gasteiger partial charge in [-0.25, -0.2) is 0 Å². The van der Waals surface area contributed by atoms with Crippen LogP contribution in [-0.2, 0) is 20.9 Å². The van der Waals surface area contributed by atoms with Crippen molar-refractivity contribution in [2.45, 2.75) is 25.4 Å². The van der Waals surface area contributed by atoms with Crippen LogP contribution in [0.25, 0.3) is 6.08 Å². The van der Waals surface area contributed by atoms with Crippen LogP contribution >= 0.6 is 0 Å². The molecular weight excluding hydrogens is 370 g/mol. The first-order valence-corrected chi connectivity index (χ1v) is 9.33. The first-order chi connectivity index (χ1) is 14.0. The van der Waals surface area contributed by atoms with Gasteiger partial charge in [-0.1, -0.05) is 30.3 Å². The third-order valence-electron chi connectivity index (χ3n) is 5.02. The van der Waals surface area contributed by atoms with Crippen LogP contribution in [0.15, 0.2) is 54.6 Å². The lowest BCUT2D eigenvalue weighted by atomic mass is 10.0. The second-order valence-corrected chi connectivity index (χ2v) is 7.01. The molecule has 2 aliphatic rings. The molecule has 2 N–H and O–H groups in total. The van der Waals surface area contributed by atoms with Crippen molar-refractivity contribution in [1.29, 1.82) is 0 Å². The lowest BCUT2D eigenvalue weighted by molar-refractivity contribution is -0.136. The van der Waals surface area contributed by atoms with Crippen LogP contribution in [0.1, 0.15) is 34.3 Å². The van der Waals surface area contributed by atoms with E-state index in [0.29, 0.717) is 17.7 Å². The van der Waals surface area contributed by atoms with Gasteiger partial charge in [-0.3, -0.25) is 24.5 Å². The molecule has 1 atom stereocenters. The Morgan fingerprint density at radius 3 is 2.66 bits per heavy atom. The maximum atomic E-state index is 12.7. The number of amides is 4. The third kappa shape index (κ3) is 3.94. The topological polar surface area (TPSA) is 95.6 Å². The van der Waals surface area contributed by atoms with Crippen LogP contribution < -0.4 is 10.6 Å². The number of nitrogens with one attached hydrogen (secondary N) is 2. The molecule has 146 valence electrons. The molecule has 0 bridgehead atoms. The Kier molecular flexibility index (Phi) is 4.95. The number of hydrogen-bond acceptors (Lipinski definition) is 4. The lowest BCUT2D eigenvalue weighted by Crippen LogP contribution is -2.52. The highest BCUT2D eigenvalue weighted by Gasteiger charge is 2.39. The number of piperidine rings is 1. The van der Waals surface area contributed by atoms with E-state index in [-0.39, 0.29) is 30.7 Å². The van der Waals surface area contributed by atoms with Crippen molar-refractivity contribution >= 4 is 35.4 Å². The molecule has 2 heterocycles. The number of imide groups is 1. The van der Waals surface area contributed by atoms with E-state index in [0.717, 1.165) is 11.1 Å². The summed E-state index contributed by atoms with van der Waals surface area (Å²) in [7, 11) is 0. The lowest BCUT2D eigenvalue weighted by Gasteiger charge is -2.29. The summed E-state index contributed by atoms with van der Waals surface area (Å²) in [6, 6.07) is 13.9. The first-order valence-electron chi connectivity index (χ1n) is 9.33. The Labute approximate surface area is 167 Å². The van der Waals surface area contributed by atoms with Gasteiger partial charge in [-0.05, 0) is 41.8 Å². The van der Waals surface area contributed by atoms with E-state index in [9.17, 15) is 19.2 Å². The molecule has 7 nitrogen and oxygen atoms in total. The molecule has 0 aliphatic carbocycles. The second-order valence-electron chi connectivity index (χ2n) is 7.01. The van der Waals surface area contributed by atoms with Gasteiger partial charge in [0.15, 0.2) is 0 Å². The zero-order chi connectivity index (χ0) is 20.4. The van der Waals surface area contributed by atoms with Crippen LogP contribution in [0.5, 0.6) is 0 Å². The SMILES string of the molecule is O=C(/C=C/c1ccccc1)Nc1ccc2c(c1)CN(C1CCC(=O)NC1=O)C2=O.